The van der Waals surface area contributed by atoms with E-state index in [0.29, 0.717) is 6.61 Å². The van der Waals surface area contributed by atoms with Crippen LogP contribution < -0.4 is 0 Å². The minimum atomic E-state index is 0.139. The molecule has 4 fully saturated rings. The van der Waals surface area contributed by atoms with E-state index in [0.717, 1.165) is 29.8 Å². The quantitative estimate of drug-likeness (QED) is 0.407. The molecule has 0 spiro atoms. The summed E-state index contributed by atoms with van der Waals surface area (Å²) >= 11 is 0. The van der Waals surface area contributed by atoms with Gasteiger partial charge in [0.1, 0.15) is 0 Å². The van der Waals surface area contributed by atoms with Crippen molar-refractivity contribution in [1.29, 1.82) is 0 Å². The molecule has 0 aromatic carbocycles. The third kappa shape index (κ3) is 2.37. The molecule has 2 nitrogen and oxygen atoms in total. The molecule has 0 radical (unpaired) electrons. The molecule has 0 aromatic rings. The zero-order chi connectivity index (χ0) is 12.6. The normalized spacial score (nSPS) is 40.5. The molecule has 4 bridgehead atoms. The first-order valence-electron chi connectivity index (χ1n) is 7.28. The molecule has 98 valence electrons. The van der Waals surface area contributed by atoms with Gasteiger partial charge in [0.05, 0.1) is 0 Å². The van der Waals surface area contributed by atoms with E-state index < -0.39 is 0 Å². The van der Waals surface area contributed by atoms with Crippen molar-refractivity contribution in [2.75, 3.05) is 6.61 Å². The Kier molecular flexibility index (Phi) is 3.25. The van der Waals surface area contributed by atoms with Crippen molar-refractivity contribution < 1.29 is 9.47 Å². The summed E-state index contributed by atoms with van der Waals surface area (Å²) in [6.45, 7) is 4.18. The topological polar surface area (TPSA) is 18.5 Å². The fraction of sp³-hybridized carbons (Fsp3) is 0.800. The molecule has 18 heavy (non-hydrogen) atoms. The molecule has 4 rings (SSSR count). The second-order valence-electron chi connectivity index (χ2n) is 6.53. The predicted molar refractivity (Wildman–Crippen MR) is 74.9 cm³/mol. The van der Waals surface area contributed by atoms with Crippen molar-refractivity contribution in [3.63, 3.8) is 0 Å². The summed E-state index contributed by atoms with van der Waals surface area (Å²) in [6, 6.07) is 0. The van der Waals surface area contributed by atoms with Crippen LogP contribution in [-0.2, 0) is 9.47 Å². The van der Waals surface area contributed by atoms with Crippen molar-refractivity contribution in [3.05, 3.63) is 12.8 Å². The molecule has 0 N–H and O–H groups in total. The van der Waals surface area contributed by atoms with Crippen LogP contribution in [0.25, 0.3) is 0 Å². The SMILES string of the molecule is B=C(CCOC=C)OC12CC3CC(CC(C3)C1)C2. The van der Waals surface area contributed by atoms with E-state index in [-0.39, 0.29) is 5.60 Å². The zero-order valence-corrected chi connectivity index (χ0v) is 11.2. The number of rotatable bonds is 6. The van der Waals surface area contributed by atoms with Gasteiger partial charge in [-0.3, -0.25) is 0 Å². The fourth-order valence-electron chi connectivity index (χ4n) is 4.77. The molecular weight excluding hydrogens is 223 g/mol. The number of hydrogen-bond acceptors (Lipinski definition) is 2. The Labute approximate surface area is 111 Å². The Morgan fingerprint density at radius 1 is 1.17 bits per heavy atom. The van der Waals surface area contributed by atoms with Crippen molar-refractivity contribution in [2.45, 2.75) is 50.5 Å². The number of ether oxygens (including phenoxy) is 2. The van der Waals surface area contributed by atoms with E-state index in [2.05, 4.69) is 14.1 Å². The Morgan fingerprint density at radius 3 is 2.22 bits per heavy atom. The summed E-state index contributed by atoms with van der Waals surface area (Å²) in [7, 11) is 4.07. The van der Waals surface area contributed by atoms with Gasteiger partial charge >= 0.3 is 110 Å². The Bertz CT molecular complexity index is 315. The monoisotopic (exact) mass is 246 g/mol. The van der Waals surface area contributed by atoms with Crippen molar-refractivity contribution in [3.8, 4) is 0 Å². The van der Waals surface area contributed by atoms with E-state index in [1.54, 1.807) is 0 Å². The van der Waals surface area contributed by atoms with Crippen LogP contribution >= 0.6 is 0 Å². The summed E-state index contributed by atoms with van der Waals surface area (Å²) in [4.78, 5) is 0. The van der Waals surface area contributed by atoms with Gasteiger partial charge in [0, 0.05) is 0 Å². The van der Waals surface area contributed by atoms with Gasteiger partial charge in [0.2, 0.25) is 0 Å². The molecule has 4 saturated carbocycles. The molecule has 0 atom stereocenters. The molecule has 0 heterocycles. The number of hydrogen-bond donors (Lipinski definition) is 0. The van der Waals surface area contributed by atoms with Gasteiger partial charge in [-0.25, -0.2) is 0 Å². The van der Waals surface area contributed by atoms with E-state index in [4.69, 9.17) is 9.47 Å². The first kappa shape index (κ1) is 12.3. The van der Waals surface area contributed by atoms with Crippen LogP contribution in [0, 0.1) is 17.8 Å². The second kappa shape index (κ2) is 4.75. The van der Waals surface area contributed by atoms with Crippen LogP contribution in [0.2, 0.25) is 0 Å². The molecule has 0 saturated heterocycles. The summed E-state index contributed by atoms with van der Waals surface area (Å²) in [5.41, 5.74) is 1.04. The van der Waals surface area contributed by atoms with E-state index >= 15 is 0 Å². The zero-order valence-electron chi connectivity index (χ0n) is 11.2. The standard InChI is InChI=1S/C15H23BO2/c1-2-17-4-3-14(16)18-15-8-11-5-12(9-15)7-13(6-11)10-15/h2,11-13,16H,1,3-10H2. The van der Waals surface area contributed by atoms with Crippen LogP contribution in [0.4, 0.5) is 0 Å². The van der Waals surface area contributed by atoms with E-state index in [9.17, 15) is 0 Å². The van der Waals surface area contributed by atoms with Gasteiger partial charge in [-0.2, -0.15) is 0 Å². The molecule has 0 unspecified atom stereocenters. The molecule has 0 aromatic heterocycles. The molecule has 3 heteroatoms. The maximum atomic E-state index is 6.29. The van der Waals surface area contributed by atoms with Crippen molar-refractivity contribution in [1.82, 2.24) is 0 Å². The van der Waals surface area contributed by atoms with Gasteiger partial charge in [0.25, 0.3) is 0 Å². The summed E-state index contributed by atoms with van der Waals surface area (Å²) in [5, 5.41) is 0. The van der Waals surface area contributed by atoms with Gasteiger partial charge in [-0.1, -0.05) is 0 Å². The Hall–Kier alpha value is -0.725. The molecule has 0 amide bonds. The van der Waals surface area contributed by atoms with Crippen LogP contribution in [0.5, 0.6) is 0 Å². The van der Waals surface area contributed by atoms with Gasteiger partial charge in [0.15, 0.2) is 0 Å². The van der Waals surface area contributed by atoms with Gasteiger partial charge in [-0.05, 0) is 0 Å². The Balaban J connectivity index is 1.58. The summed E-state index contributed by atoms with van der Waals surface area (Å²) in [5.74, 6) is 2.77. The molecular formula is C15H23BO2. The minimum absolute atomic E-state index is 0.139. The van der Waals surface area contributed by atoms with Crippen LogP contribution in [-0.4, -0.2) is 25.3 Å². The summed E-state index contributed by atoms with van der Waals surface area (Å²) in [6.07, 6.45) is 10.4. The molecule has 4 aliphatic carbocycles. The van der Waals surface area contributed by atoms with Crippen LogP contribution in [0.15, 0.2) is 12.8 Å². The van der Waals surface area contributed by atoms with Gasteiger partial charge in [-0.15, -0.1) is 0 Å². The molecule has 4 aliphatic rings. The van der Waals surface area contributed by atoms with E-state index in [1.165, 1.54) is 44.8 Å². The fourth-order valence-corrected chi connectivity index (χ4v) is 4.77. The van der Waals surface area contributed by atoms with Crippen molar-refractivity contribution >= 4 is 13.1 Å². The first-order valence-corrected chi connectivity index (χ1v) is 7.28. The van der Waals surface area contributed by atoms with Crippen LogP contribution in [0.1, 0.15) is 44.9 Å². The van der Waals surface area contributed by atoms with E-state index in [1.807, 2.05) is 0 Å². The average molecular weight is 246 g/mol. The third-order valence-corrected chi connectivity index (χ3v) is 4.96. The maximum absolute atomic E-state index is 6.29. The molecule has 0 aliphatic heterocycles. The second-order valence-corrected chi connectivity index (χ2v) is 6.53. The van der Waals surface area contributed by atoms with Crippen molar-refractivity contribution in [2.24, 2.45) is 17.8 Å². The average Bonchev–Trinajstić information content (AvgIpc) is 2.26. The van der Waals surface area contributed by atoms with Crippen LogP contribution in [0.3, 0.4) is 0 Å². The Morgan fingerprint density at radius 2 is 1.72 bits per heavy atom. The van der Waals surface area contributed by atoms with Gasteiger partial charge < -0.3 is 0 Å². The third-order valence-electron chi connectivity index (χ3n) is 4.96. The first-order chi connectivity index (χ1) is 8.69. The summed E-state index contributed by atoms with van der Waals surface area (Å²) < 4.78 is 11.4. The predicted octanol–water partition coefficient (Wildman–Crippen LogP) is 2.55.